The number of fused-ring (bicyclic) bond motifs is 1. The van der Waals surface area contributed by atoms with E-state index in [2.05, 4.69) is 6.08 Å². The van der Waals surface area contributed by atoms with Crippen molar-refractivity contribution in [2.75, 3.05) is 19.8 Å². The summed E-state index contributed by atoms with van der Waals surface area (Å²) in [5.74, 6) is 0. The van der Waals surface area contributed by atoms with Crippen LogP contribution in [0.5, 0.6) is 0 Å². The molecule has 4 atom stereocenters. The molecular formula is C18H26O5. The van der Waals surface area contributed by atoms with Crippen molar-refractivity contribution in [3.63, 3.8) is 0 Å². The quantitative estimate of drug-likeness (QED) is 0.799. The monoisotopic (exact) mass is 322 g/mol. The first-order chi connectivity index (χ1) is 11.3. The van der Waals surface area contributed by atoms with Crippen molar-refractivity contribution in [2.45, 2.75) is 75.1 Å². The fourth-order valence-electron chi connectivity index (χ4n) is 5.66. The molecule has 0 aromatic heterocycles. The SMILES string of the molecule is C1=CC23CCCCC24CC(OCC4(CCC2OCCCO2)O1)O3. The second kappa shape index (κ2) is 5.19. The predicted molar refractivity (Wildman–Crippen MR) is 81.6 cm³/mol. The van der Waals surface area contributed by atoms with Crippen molar-refractivity contribution < 1.29 is 23.7 Å². The van der Waals surface area contributed by atoms with E-state index in [1.807, 2.05) is 6.26 Å². The summed E-state index contributed by atoms with van der Waals surface area (Å²) in [5, 5.41) is 0. The third-order valence-electron chi connectivity index (χ3n) is 6.75. The van der Waals surface area contributed by atoms with Gasteiger partial charge in [-0.05, 0) is 31.8 Å². The Balaban J connectivity index is 1.44. The van der Waals surface area contributed by atoms with Gasteiger partial charge < -0.3 is 23.7 Å². The van der Waals surface area contributed by atoms with E-state index in [0.29, 0.717) is 6.61 Å². The van der Waals surface area contributed by atoms with Crippen LogP contribution in [-0.4, -0.2) is 43.6 Å². The van der Waals surface area contributed by atoms with Crippen LogP contribution in [0.1, 0.15) is 51.4 Å². The number of hydrogen-bond acceptors (Lipinski definition) is 5. The second-order valence-electron chi connectivity index (χ2n) is 7.72. The molecule has 5 aliphatic rings. The summed E-state index contributed by atoms with van der Waals surface area (Å²) >= 11 is 0. The number of ether oxygens (including phenoxy) is 5. The lowest BCUT2D eigenvalue weighted by Gasteiger charge is -2.58. The van der Waals surface area contributed by atoms with Gasteiger partial charge in [-0.3, -0.25) is 0 Å². The molecule has 4 unspecified atom stereocenters. The van der Waals surface area contributed by atoms with Crippen molar-refractivity contribution >= 4 is 0 Å². The van der Waals surface area contributed by atoms with Crippen LogP contribution in [0.2, 0.25) is 0 Å². The molecule has 1 saturated carbocycles. The molecule has 5 nitrogen and oxygen atoms in total. The van der Waals surface area contributed by atoms with Crippen LogP contribution < -0.4 is 0 Å². The minimum Gasteiger partial charge on any atom is -0.492 e. The molecule has 0 aromatic carbocycles. The lowest BCUT2D eigenvalue weighted by molar-refractivity contribution is -0.226. The number of rotatable bonds is 3. The summed E-state index contributed by atoms with van der Waals surface area (Å²) in [4.78, 5) is 0. The van der Waals surface area contributed by atoms with E-state index in [4.69, 9.17) is 23.7 Å². The van der Waals surface area contributed by atoms with E-state index in [9.17, 15) is 0 Å². The highest BCUT2D eigenvalue weighted by Gasteiger charge is 2.73. The van der Waals surface area contributed by atoms with Gasteiger partial charge in [0.2, 0.25) is 0 Å². The van der Waals surface area contributed by atoms with Gasteiger partial charge in [0.1, 0.15) is 11.2 Å². The highest BCUT2D eigenvalue weighted by molar-refractivity contribution is 5.27. The van der Waals surface area contributed by atoms with Crippen LogP contribution in [-0.2, 0) is 23.7 Å². The molecule has 1 spiro atoms. The smallest absolute Gasteiger partial charge is 0.159 e. The molecule has 2 bridgehead atoms. The largest absolute Gasteiger partial charge is 0.492 e. The molecule has 1 aliphatic carbocycles. The molecule has 4 aliphatic heterocycles. The van der Waals surface area contributed by atoms with Gasteiger partial charge in [0.05, 0.1) is 31.5 Å². The maximum Gasteiger partial charge on any atom is 0.159 e. The normalized spacial score (nSPS) is 48.8. The third kappa shape index (κ3) is 1.94. The van der Waals surface area contributed by atoms with Gasteiger partial charge in [-0.15, -0.1) is 0 Å². The van der Waals surface area contributed by atoms with Crippen molar-refractivity contribution in [2.24, 2.45) is 5.41 Å². The molecule has 23 heavy (non-hydrogen) atoms. The third-order valence-corrected chi connectivity index (χ3v) is 6.75. The predicted octanol–water partition coefficient (Wildman–Crippen LogP) is 2.89. The first-order valence-corrected chi connectivity index (χ1v) is 9.16. The summed E-state index contributed by atoms with van der Waals surface area (Å²) < 4.78 is 30.3. The molecule has 0 radical (unpaired) electrons. The zero-order valence-electron chi connectivity index (χ0n) is 13.6. The Kier molecular flexibility index (Phi) is 3.31. The fraction of sp³-hybridized carbons (Fsp3) is 0.889. The Morgan fingerprint density at radius 3 is 2.78 bits per heavy atom. The first kappa shape index (κ1) is 14.7. The minimum absolute atomic E-state index is 0.0601. The molecule has 0 N–H and O–H groups in total. The standard InChI is InChI=1S/C18H26O5/c1-2-6-17-8-11-22-18(7-4-14-19-9-3-10-20-14)13-21-15(23-17)12-16(17,18)5-1/h8,11,14-15H,1-7,9-10,12-13H2. The highest BCUT2D eigenvalue weighted by Crippen LogP contribution is 2.67. The molecule has 128 valence electrons. The Morgan fingerprint density at radius 2 is 1.87 bits per heavy atom. The van der Waals surface area contributed by atoms with Crippen LogP contribution in [0.3, 0.4) is 0 Å². The van der Waals surface area contributed by atoms with Gasteiger partial charge in [0, 0.05) is 12.8 Å². The molecule has 0 amide bonds. The first-order valence-electron chi connectivity index (χ1n) is 9.16. The Bertz CT molecular complexity index is 502. The van der Waals surface area contributed by atoms with E-state index in [1.165, 1.54) is 19.3 Å². The maximum absolute atomic E-state index is 6.40. The van der Waals surface area contributed by atoms with Gasteiger partial charge in [0.15, 0.2) is 12.6 Å². The second-order valence-corrected chi connectivity index (χ2v) is 7.72. The van der Waals surface area contributed by atoms with Gasteiger partial charge in [-0.25, -0.2) is 0 Å². The van der Waals surface area contributed by atoms with E-state index < -0.39 is 0 Å². The van der Waals surface area contributed by atoms with Crippen LogP contribution in [0, 0.1) is 5.41 Å². The lowest BCUT2D eigenvalue weighted by Crippen LogP contribution is -2.65. The summed E-state index contributed by atoms with van der Waals surface area (Å²) in [7, 11) is 0. The average molecular weight is 322 g/mol. The molecule has 5 heteroatoms. The highest BCUT2D eigenvalue weighted by atomic mass is 16.7. The zero-order chi connectivity index (χ0) is 15.4. The van der Waals surface area contributed by atoms with Crippen LogP contribution in [0.4, 0.5) is 0 Å². The van der Waals surface area contributed by atoms with Crippen LogP contribution >= 0.6 is 0 Å². The van der Waals surface area contributed by atoms with Gasteiger partial charge >= 0.3 is 0 Å². The maximum atomic E-state index is 6.40. The Morgan fingerprint density at radius 1 is 1.00 bits per heavy atom. The Hall–Kier alpha value is -0.620. The van der Waals surface area contributed by atoms with E-state index >= 15 is 0 Å². The molecule has 5 rings (SSSR count). The zero-order valence-corrected chi connectivity index (χ0v) is 13.6. The minimum atomic E-state index is -0.292. The van der Waals surface area contributed by atoms with E-state index in [1.54, 1.807) is 0 Å². The average Bonchev–Trinajstić information content (AvgIpc) is 2.93. The van der Waals surface area contributed by atoms with Crippen molar-refractivity contribution in [1.82, 2.24) is 0 Å². The summed E-state index contributed by atoms with van der Waals surface area (Å²) in [6, 6.07) is 0. The van der Waals surface area contributed by atoms with Gasteiger partial charge in [-0.2, -0.15) is 0 Å². The summed E-state index contributed by atoms with van der Waals surface area (Å²) in [5.41, 5.74) is -0.414. The van der Waals surface area contributed by atoms with Gasteiger partial charge in [0.25, 0.3) is 0 Å². The summed E-state index contributed by atoms with van der Waals surface area (Å²) in [6.07, 6.45) is 12.4. The molecule has 3 saturated heterocycles. The fourth-order valence-corrected chi connectivity index (χ4v) is 5.66. The molecule has 4 heterocycles. The lowest BCUT2D eigenvalue weighted by atomic mass is 9.52. The number of hydrogen-bond donors (Lipinski definition) is 0. The molecular weight excluding hydrogens is 296 g/mol. The van der Waals surface area contributed by atoms with Gasteiger partial charge in [-0.1, -0.05) is 12.8 Å². The van der Waals surface area contributed by atoms with Crippen molar-refractivity contribution in [3.05, 3.63) is 12.3 Å². The molecule has 0 aromatic rings. The van der Waals surface area contributed by atoms with Crippen LogP contribution in [0.15, 0.2) is 12.3 Å². The Labute approximate surface area is 137 Å². The van der Waals surface area contributed by atoms with Crippen molar-refractivity contribution in [1.29, 1.82) is 0 Å². The van der Waals surface area contributed by atoms with Crippen LogP contribution in [0.25, 0.3) is 0 Å². The topological polar surface area (TPSA) is 46.2 Å². The molecule has 4 fully saturated rings. The van der Waals surface area contributed by atoms with Crippen molar-refractivity contribution in [3.8, 4) is 0 Å². The van der Waals surface area contributed by atoms with E-state index in [0.717, 1.165) is 45.3 Å². The summed E-state index contributed by atoms with van der Waals surface area (Å²) in [6.45, 7) is 2.22. The van der Waals surface area contributed by atoms with E-state index in [-0.39, 0.29) is 29.2 Å².